The maximum atomic E-state index is 13.7. The van der Waals surface area contributed by atoms with Crippen molar-refractivity contribution >= 4 is 22.8 Å². The van der Waals surface area contributed by atoms with Gasteiger partial charge in [-0.1, -0.05) is 24.3 Å². The molecule has 7 heteroatoms. The van der Waals surface area contributed by atoms with Gasteiger partial charge in [0.25, 0.3) is 0 Å². The normalized spacial score (nSPS) is 19.4. The number of fused-ring (bicyclic) bond motifs is 3. The molecule has 4 aromatic rings. The van der Waals surface area contributed by atoms with Crippen molar-refractivity contribution in [2.24, 2.45) is 0 Å². The molecule has 1 N–H and O–H groups in total. The maximum Gasteiger partial charge on any atom is 0.209 e. The summed E-state index contributed by atoms with van der Waals surface area (Å²) in [5.41, 5.74) is 5.62. The van der Waals surface area contributed by atoms with Gasteiger partial charge in [-0.25, -0.2) is 4.98 Å². The third-order valence-corrected chi connectivity index (χ3v) is 6.78. The highest BCUT2D eigenvalue weighted by molar-refractivity contribution is 6.01. The van der Waals surface area contributed by atoms with Crippen molar-refractivity contribution in [3.8, 4) is 11.5 Å². The molecule has 2 aromatic heterocycles. The molecule has 0 bridgehead atoms. The molecule has 0 amide bonds. The van der Waals surface area contributed by atoms with Gasteiger partial charge in [-0.05, 0) is 53.8 Å². The highest BCUT2D eigenvalue weighted by atomic mass is 16.5. The first-order valence-electron chi connectivity index (χ1n) is 11.3. The van der Waals surface area contributed by atoms with Crippen molar-refractivity contribution in [1.29, 1.82) is 0 Å². The van der Waals surface area contributed by atoms with Gasteiger partial charge < -0.3 is 14.8 Å². The van der Waals surface area contributed by atoms with Crippen molar-refractivity contribution in [1.82, 2.24) is 14.5 Å². The van der Waals surface area contributed by atoms with E-state index >= 15 is 0 Å². The Morgan fingerprint density at radius 2 is 1.82 bits per heavy atom. The molecule has 0 radical (unpaired) electrons. The molecule has 2 unspecified atom stereocenters. The van der Waals surface area contributed by atoms with E-state index in [2.05, 4.69) is 14.9 Å². The van der Waals surface area contributed by atoms with Crippen LogP contribution in [0.2, 0.25) is 0 Å². The van der Waals surface area contributed by atoms with Gasteiger partial charge in [-0.2, -0.15) is 0 Å². The summed E-state index contributed by atoms with van der Waals surface area (Å²) in [5.74, 6) is 2.25. The Hall–Kier alpha value is -4.13. The summed E-state index contributed by atoms with van der Waals surface area (Å²) in [6.07, 6.45) is 4.72. The number of benzene rings is 2. The second-order valence-electron chi connectivity index (χ2n) is 8.64. The number of hydrogen-bond acceptors (Lipinski definition) is 6. The molecule has 170 valence electrons. The highest BCUT2D eigenvalue weighted by Crippen LogP contribution is 2.46. The molecule has 34 heavy (non-hydrogen) atoms. The lowest BCUT2D eigenvalue weighted by molar-refractivity contribution is -0.116. The van der Waals surface area contributed by atoms with Crippen LogP contribution in [-0.4, -0.2) is 34.5 Å². The number of carbonyl (C=O) groups is 1. The van der Waals surface area contributed by atoms with E-state index < -0.39 is 0 Å². The number of aromatic nitrogens is 3. The van der Waals surface area contributed by atoms with Crippen molar-refractivity contribution in [2.45, 2.75) is 24.8 Å². The first-order valence-corrected chi connectivity index (χ1v) is 11.3. The fourth-order valence-electron chi connectivity index (χ4n) is 5.22. The zero-order chi connectivity index (χ0) is 23.2. The van der Waals surface area contributed by atoms with Crippen LogP contribution in [0, 0.1) is 0 Å². The molecule has 1 aliphatic heterocycles. The average molecular weight is 453 g/mol. The lowest BCUT2D eigenvalue weighted by Crippen LogP contribution is -2.33. The summed E-state index contributed by atoms with van der Waals surface area (Å²) in [5, 5.41) is 3.50. The lowest BCUT2D eigenvalue weighted by Gasteiger charge is -2.36. The Morgan fingerprint density at radius 1 is 0.971 bits per heavy atom. The minimum atomic E-state index is -0.272. The number of ether oxygens (including phenoxy) is 2. The molecule has 3 heterocycles. The average Bonchev–Trinajstić information content (AvgIpc) is 3.25. The van der Waals surface area contributed by atoms with Gasteiger partial charge in [-0.15, -0.1) is 0 Å². The van der Waals surface area contributed by atoms with Gasteiger partial charge in [0.15, 0.2) is 17.3 Å². The first-order chi connectivity index (χ1) is 16.7. The summed E-state index contributed by atoms with van der Waals surface area (Å²) < 4.78 is 13.0. The molecule has 2 aromatic carbocycles. The van der Waals surface area contributed by atoms with Crippen LogP contribution < -0.4 is 14.8 Å². The summed E-state index contributed by atoms with van der Waals surface area (Å²) in [4.78, 5) is 22.9. The maximum absolute atomic E-state index is 13.7. The van der Waals surface area contributed by atoms with Crippen LogP contribution >= 0.6 is 0 Å². The second-order valence-corrected chi connectivity index (χ2v) is 8.64. The Bertz CT molecular complexity index is 1440. The van der Waals surface area contributed by atoms with Gasteiger partial charge in [0, 0.05) is 30.1 Å². The van der Waals surface area contributed by atoms with Crippen LogP contribution in [0.1, 0.15) is 35.9 Å². The fraction of sp³-hybridized carbons (Fsp3) is 0.222. The number of imidazole rings is 1. The third kappa shape index (κ3) is 3.15. The summed E-state index contributed by atoms with van der Waals surface area (Å²) in [6, 6.07) is 17.6. The molecule has 0 saturated carbocycles. The second kappa shape index (κ2) is 8.02. The SMILES string of the molecule is COc1ccc(C2CC(=O)C3=C(C2)Nc2nc4ccccc4n2C3c2cccnc2)cc1OC. The largest absolute Gasteiger partial charge is 0.493 e. The van der Waals surface area contributed by atoms with Crippen molar-refractivity contribution < 1.29 is 14.3 Å². The molecular formula is C27H24N4O3. The van der Waals surface area contributed by atoms with Gasteiger partial charge in [0.1, 0.15) is 0 Å². The molecule has 1 aliphatic carbocycles. The molecule has 0 saturated heterocycles. The number of anilines is 1. The van der Waals surface area contributed by atoms with Crippen molar-refractivity contribution in [3.05, 3.63) is 89.4 Å². The van der Waals surface area contributed by atoms with E-state index in [1.165, 1.54) is 0 Å². The molecule has 0 fully saturated rings. The number of pyridine rings is 1. The van der Waals surface area contributed by atoms with E-state index in [9.17, 15) is 4.79 Å². The van der Waals surface area contributed by atoms with Gasteiger partial charge in [0.05, 0.1) is 31.3 Å². The number of nitrogens with zero attached hydrogens (tertiary/aromatic N) is 3. The smallest absolute Gasteiger partial charge is 0.209 e. The summed E-state index contributed by atoms with van der Waals surface area (Å²) in [7, 11) is 3.25. The minimum Gasteiger partial charge on any atom is -0.493 e. The van der Waals surface area contributed by atoms with E-state index in [0.717, 1.165) is 39.4 Å². The number of rotatable bonds is 4. The fourth-order valence-corrected chi connectivity index (χ4v) is 5.22. The summed E-state index contributed by atoms with van der Waals surface area (Å²) >= 11 is 0. The van der Waals surface area contributed by atoms with Crippen molar-refractivity contribution in [2.75, 3.05) is 19.5 Å². The first kappa shape index (κ1) is 20.5. The van der Waals surface area contributed by atoms with E-state index in [-0.39, 0.29) is 17.7 Å². The number of carbonyl (C=O) groups excluding carboxylic acids is 1. The number of allylic oxidation sites excluding steroid dienone is 2. The number of Topliss-reactive ketones (excluding diaryl/α,β-unsaturated/α-hetero) is 1. The quantitative estimate of drug-likeness (QED) is 0.476. The van der Waals surface area contributed by atoms with Crippen LogP contribution in [-0.2, 0) is 4.79 Å². The van der Waals surface area contributed by atoms with E-state index in [1.54, 1.807) is 20.4 Å². The molecule has 2 atom stereocenters. The van der Waals surface area contributed by atoms with E-state index in [4.69, 9.17) is 14.5 Å². The molecular weight excluding hydrogens is 428 g/mol. The predicted octanol–water partition coefficient (Wildman–Crippen LogP) is 4.86. The van der Waals surface area contributed by atoms with Gasteiger partial charge in [0.2, 0.25) is 5.95 Å². The number of nitrogens with one attached hydrogen (secondary N) is 1. The van der Waals surface area contributed by atoms with Crippen LogP contribution in [0.25, 0.3) is 11.0 Å². The topological polar surface area (TPSA) is 78.3 Å². The summed E-state index contributed by atoms with van der Waals surface area (Å²) in [6.45, 7) is 0. The van der Waals surface area contributed by atoms with Gasteiger partial charge >= 0.3 is 0 Å². The molecule has 2 aliphatic rings. The van der Waals surface area contributed by atoms with Crippen LogP contribution in [0.3, 0.4) is 0 Å². The Kier molecular flexibility index (Phi) is 4.83. The zero-order valence-corrected chi connectivity index (χ0v) is 19.0. The zero-order valence-electron chi connectivity index (χ0n) is 19.0. The van der Waals surface area contributed by atoms with E-state index in [0.29, 0.717) is 24.3 Å². The number of ketones is 1. The Labute approximate surface area is 197 Å². The standard InChI is InChI=1S/C27H24N4O3/c1-33-23-10-9-16(14-24(23)34-2)18-12-20-25(22(32)13-18)26(17-6-5-11-28-15-17)31-21-8-4-3-7-19(21)29-27(31)30-20/h3-11,14-15,18,26H,12-13H2,1-2H3,(H,29,30). The molecule has 6 rings (SSSR count). The van der Waals surface area contributed by atoms with Crippen LogP contribution in [0.15, 0.2) is 78.3 Å². The number of hydrogen-bond donors (Lipinski definition) is 1. The van der Waals surface area contributed by atoms with Crippen LogP contribution in [0.4, 0.5) is 5.95 Å². The molecule has 0 spiro atoms. The Morgan fingerprint density at radius 3 is 2.62 bits per heavy atom. The third-order valence-electron chi connectivity index (χ3n) is 6.78. The molecule has 7 nitrogen and oxygen atoms in total. The minimum absolute atomic E-state index is 0.0315. The van der Waals surface area contributed by atoms with E-state index in [1.807, 2.05) is 60.8 Å². The van der Waals surface area contributed by atoms with Gasteiger partial charge in [-0.3, -0.25) is 14.3 Å². The predicted molar refractivity (Wildman–Crippen MR) is 129 cm³/mol. The lowest BCUT2D eigenvalue weighted by atomic mass is 9.78. The monoisotopic (exact) mass is 452 g/mol. The van der Waals surface area contributed by atoms with Crippen LogP contribution in [0.5, 0.6) is 11.5 Å². The Balaban J connectivity index is 1.47. The highest BCUT2D eigenvalue weighted by Gasteiger charge is 2.39. The number of methoxy groups -OCH3 is 2. The number of para-hydroxylation sites is 2. The van der Waals surface area contributed by atoms with Crippen molar-refractivity contribution in [3.63, 3.8) is 0 Å².